The second kappa shape index (κ2) is 4.62. The molecule has 0 saturated heterocycles. The molecule has 0 bridgehead atoms. The summed E-state index contributed by atoms with van der Waals surface area (Å²) in [5.41, 5.74) is 9.02. The van der Waals surface area contributed by atoms with E-state index in [2.05, 4.69) is 10.2 Å². The third kappa shape index (κ3) is 2.05. The molecule has 0 aliphatic carbocycles. The fourth-order valence-electron chi connectivity index (χ4n) is 2.15. The summed E-state index contributed by atoms with van der Waals surface area (Å²) in [6, 6.07) is 13.6. The number of phenolic OH excluding ortho intramolecular Hbond substituents is 2. The van der Waals surface area contributed by atoms with E-state index < -0.39 is 0 Å². The average molecular weight is 267 g/mol. The maximum Gasteiger partial charge on any atom is 0.153 e. The van der Waals surface area contributed by atoms with Crippen molar-refractivity contribution in [1.29, 1.82) is 0 Å². The minimum Gasteiger partial charge on any atom is -0.508 e. The topological polar surface area (TPSA) is 95.2 Å². The lowest BCUT2D eigenvalue weighted by Gasteiger charge is -2.05. The smallest absolute Gasteiger partial charge is 0.153 e. The third-order valence-electron chi connectivity index (χ3n) is 3.09. The number of phenols is 2. The Hall–Kier alpha value is -2.95. The molecular formula is C15H13N3O2. The van der Waals surface area contributed by atoms with E-state index >= 15 is 0 Å². The van der Waals surface area contributed by atoms with Crippen molar-refractivity contribution in [2.75, 3.05) is 5.73 Å². The predicted molar refractivity (Wildman–Crippen MR) is 77.2 cm³/mol. The second-order valence-electron chi connectivity index (χ2n) is 4.46. The number of anilines is 1. The van der Waals surface area contributed by atoms with Crippen LogP contribution in [0.4, 0.5) is 5.82 Å². The Morgan fingerprint density at radius 2 is 1.65 bits per heavy atom. The summed E-state index contributed by atoms with van der Waals surface area (Å²) in [4.78, 5) is 0. The molecule has 5 nitrogen and oxygen atoms in total. The van der Waals surface area contributed by atoms with Crippen LogP contribution >= 0.6 is 0 Å². The molecule has 3 aromatic rings. The van der Waals surface area contributed by atoms with Crippen molar-refractivity contribution in [1.82, 2.24) is 10.2 Å². The van der Waals surface area contributed by atoms with Gasteiger partial charge in [0.05, 0.1) is 11.3 Å². The number of aromatic hydroxyl groups is 2. The van der Waals surface area contributed by atoms with Crippen molar-refractivity contribution in [2.45, 2.75) is 0 Å². The molecule has 3 rings (SSSR count). The molecule has 0 amide bonds. The van der Waals surface area contributed by atoms with Crippen LogP contribution in [0, 0.1) is 0 Å². The van der Waals surface area contributed by atoms with Gasteiger partial charge in [-0.3, -0.25) is 5.10 Å². The molecule has 0 saturated carbocycles. The van der Waals surface area contributed by atoms with Gasteiger partial charge in [-0.15, -0.1) is 0 Å². The highest BCUT2D eigenvalue weighted by Crippen LogP contribution is 2.36. The van der Waals surface area contributed by atoms with Gasteiger partial charge in [0.2, 0.25) is 0 Å². The summed E-state index contributed by atoms with van der Waals surface area (Å²) in [7, 11) is 0. The van der Waals surface area contributed by atoms with Gasteiger partial charge < -0.3 is 15.9 Å². The van der Waals surface area contributed by atoms with Gasteiger partial charge in [-0.1, -0.05) is 24.3 Å². The van der Waals surface area contributed by atoms with Gasteiger partial charge in [-0.05, 0) is 29.8 Å². The van der Waals surface area contributed by atoms with E-state index in [1.807, 2.05) is 6.07 Å². The zero-order valence-electron chi connectivity index (χ0n) is 10.5. The number of H-pyrrole nitrogens is 1. The van der Waals surface area contributed by atoms with E-state index in [1.165, 1.54) is 0 Å². The predicted octanol–water partition coefficient (Wildman–Crippen LogP) is 2.74. The summed E-state index contributed by atoms with van der Waals surface area (Å²) < 4.78 is 0. The minimum absolute atomic E-state index is 0.173. The molecule has 5 heteroatoms. The van der Waals surface area contributed by atoms with Crippen LogP contribution in [0.1, 0.15) is 0 Å². The highest BCUT2D eigenvalue weighted by atomic mass is 16.3. The van der Waals surface area contributed by atoms with Gasteiger partial charge >= 0.3 is 0 Å². The Morgan fingerprint density at radius 1 is 0.900 bits per heavy atom. The molecule has 0 radical (unpaired) electrons. The van der Waals surface area contributed by atoms with Crippen molar-refractivity contribution in [3.63, 3.8) is 0 Å². The van der Waals surface area contributed by atoms with Crippen LogP contribution in [-0.2, 0) is 0 Å². The number of hydrogen-bond acceptors (Lipinski definition) is 4. The number of nitrogens with one attached hydrogen (secondary N) is 1. The molecule has 100 valence electrons. The number of rotatable bonds is 2. The van der Waals surface area contributed by atoms with Crippen LogP contribution in [0.2, 0.25) is 0 Å². The van der Waals surface area contributed by atoms with Crippen molar-refractivity contribution in [3.05, 3.63) is 48.5 Å². The summed E-state index contributed by atoms with van der Waals surface area (Å²) in [5.74, 6) is 0.732. The maximum absolute atomic E-state index is 9.58. The van der Waals surface area contributed by atoms with E-state index in [0.29, 0.717) is 5.82 Å². The summed E-state index contributed by atoms with van der Waals surface area (Å²) >= 11 is 0. The number of nitrogens with zero attached hydrogens (tertiary/aromatic N) is 1. The molecule has 5 N–H and O–H groups in total. The number of aromatic amines is 1. The average Bonchev–Trinajstić information content (AvgIpc) is 2.82. The van der Waals surface area contributed by atoms with Crippen LogP contribution in [0.5, 0.6) is 11.5 Å². The van der Waals surface area contributed by atoms with E-state index in [1.54, 1.807) is 42.5 Å². The standard InChI is InChI=1S/C15H13N3O2/c16-15-13(9-4-6-11(19)7-5-9)14(17-18-15)10-2-1-3-12(20)8-10/h1-8,19-20H,(H3,16,17,18). The largest absolute Gasteiger partial charge is 0.508 e. The van der Waals surface area contributed by atoms with Crippen LogP contribution < -0.4 is 5.73 Å². The van der Waals surface area contributed by atoms with E-state index in [4.69, 9.17) is 5.73 Å². The van der Waals surface area contributed by atoms with Crippen molar-refractivity contribution in [2.24, 2.45) is 0 Å². The van der Waals surface area contributed by atoms with Gasteiger partial charge in [0, 0.05) is 5.56 Å². The van der Waals surface area contributed by atoms with E-state index in [9.17, 15) is 10.2 Å². The molecule has 1 aromatic heterocycles. The van der Waals surface area contributed by atoms with E-state index in [0.717, 1.165) is 22.4 Å². The maximum atomic E-state index is 9.58. The summed E-state index contributed by atoms with van der Waals surface area (Å²) in [6.45, 7) is 0. The van der Waals surface area contributed by atoms with Crippen molar-refractivity contribution < 1.29 is 10.2 Å². The number of aromatic nitrogens is 2. The normalized spacial score (nSPS) is 10.6. The van der Waals surface area contributed by atoms with Gasteiger partial charge in [0.15, 0.2) is 5.82 Å². The fourth-order valence-corrected chi connectivity index (χ4v) is 2.15. The molecule has 0 spiro atoms. The van der Waals surface area contributed by atoms with Crippen LogP contribution in [-0.4, -0.2) is 20.4 Å². The molecule has 0 aliphatic heterocycles. The van der Waals surface area contributed by atoms with Gasteiger partial charge in [-0.25, -0.2) is 0 Å². The lowest BCUT2D eigenvalue weighted by molar-refractivity contribution is 0.475. The minimum atomic E-state index is 0.173. The zero-order valence-corrected chi connectivity index (χ0v) is 10.5. The Kier molecular flexibility index (Phi) is 2.80. The Bertz CT molecular complexity index is 748. The number of nitrogens with two attached hydrogens (primary N) is 1. The van der Waals surface area contributed by atoms with Crippen LogP contribution in [0.3, 0.4) is 0 Å². The van der Waals surface area contributed by atoms with Gasteiger partial charge in [0.1, 0.15) is 11.5 Å². The summed E-state index contributed by atoms with van der Waals surface area (Å²) in [6.07, 6.45) is 0. The molecule has 2 aromatic carbocycles. The summed E-state index contributed by atoms with van der Waals surface area (Å²) in [5, 5.41) is 25.9. The third-order valence-corrected chi connectivity index (χ3v) is 3.09. The van der Waals surface area contributed by atoms with Crippen LogP contribution in [0.25, 0.3) is 22.4 Å². The molecule has 0 fully saturated rings. The Morgan fingerprint density at radius 3 is 2.35 bits per heavy atom. The first kappa shape index (κ1) is 12.1. The highest BCUT2D eigenvalue weighted by molar-refractivity contribution is 5.88. The number of nitrogen functional groups attached to an aromatic ring is 1. The van der Waals surface area contributed by atoms with Crippen LogP contribution in [0.15, 0.2) is 48.5 Å². The number of hydrogen-bond donors (Lipinski definition) is 4. The Balaban J connectivity index is 2.17. The quantitative estimate of drug-likeness (QED) is 0.574. The molecular weight excluding hydrogens is 254 g/mol. The monoisotopic (exact) mass is 267 g/mol. The van der Waals surface area contributed by atoms with Gasteiger partial charge in [0.25, 0.3) is 0 Å². The molecule has 0 aliphatic rings. The SMILES string of the molecule is Nc1n[nH]c(-c2cccc(O)c2)c1-c1ccc(O)cc1. The lowest BCUT2D eigenvalue weighted by Crippen LogP contribution is -1.88. The highest BCUT2D eigenvalue weighted by Gasteiger charge is 2.15. The Labute approximate surface area is 115 Å². The fraction of sp³-hybridized carbons (Fsp3) is 0. The first-order valence-electron chi connectivity index (χ1n) is 6.08. The zero-order chi connectivity index (χ0) is 14.1. The first-order chi connectivity index (χ1) is 9.65. The molecule has 0 atom stereocenters. The lowest BCUT2D eigenvalue weighted by atomic mass is 10.0. The molecule has 0 unspecified atom stereocenters. The number of benzene rings is 2. The first-order valence-corrected chi connectivity index (χ1v) is 6.08. The van der Waals surface area contributed by atoms with E-state index in [-0.39, 0.29) is 11.5 Å². The van der Waals surface area contributed by atoms with Crippen molar-refractivity contribution >= 4 is 5.82 Å². The molecule has 20 heavy (non-hydrogen) atoms. The second-order valence-corrected chi connectivity index (χ2v) is 4.46. The van der Waals surface area contributed by atoms with Crippen molar-refractivity contribution in [3.8, 4) is 33.9 Å². The van der Waals surface area contributed by atoms with Gasteiger partial charge in [-0.2, -0.15) is 5.10 Å². The molecule has 1 heterocycles.